The van der Waals surface area contributed by atoms with Crippen LogP contribution in [0.2, 0.25) is 0 Å². The van der Waals surface area contributed by atoms with Crippen LogP contribution in [-0.2, 0) is 11.3 Å². The van der Waals surface area contributed by atoms with Crippen LogP contribution in [0.5, 0.6) is 0 Å². The summed E-state index contributed by atoms with van der Waals surface area (Å²) in [6.07, 6.45) is 3.94. The molecule has 0 aliphatic heterocycles. The van der Waals surface area contributed by atoms with Gasteiger partial charge in [-0.15, -0.1) is 11.8 Å². The summed E-state index contributed by atoms with van der Waals surface area (Å²) < 4.78 is 5.36. The lowest BCUT2D eigenvalue weighted by atomic mass is 10.1. The summed E-state index contributed by atoms with van der Waals surface area (Å²) >= 11 is 1.61. The lowest BCUT2D eigenvalue weighted by Crippen LogP contribution is -2.49. The number of ether oxygens (including phenoxy) is 1. The molecular formula is C24H32N2O3S. The van der Waals surface area contributed by atoms with Crippen molar-refractivity contribution in [1.29, 1.82) is 0 Å². The molecule has 162 valence electrons. The average molecular weight is 429 g/mol. The molecule has 0 bridgehead atoms. The van der Waals surface area contributed by atoms with E-state index in [0.29, 0.717) is 18.2 Å². The van der Waals surface area contributed by atoms with Crippen LogP contribution in [0, 0.1) is 5.92 Å². The van der Waals surface area contributed by atoms with Crippen LogP contribution >= 0.6 is 11.8 Å². The molecule has 1 aliphatic rings. The lowest BCUT2D eigenvalue weighted by Gasteiger charge is -2.24. The average Bonchev–Trinajstić information content (AvgIpc) is 3.30. The van der Waals surface area contributed by atoms with Gasteiger partial charge in [0.1, 0.15) is 6.61 Å². The van der Waals surface area contributed by atoms with Gasteiger partial charge in [-0.1, -0.05) is 61.4 Å². The molecule has 1 amide bonds. The molecular weight excluding hydrogens is 396 g/mol. The van der Waals surface area contributed by atoms with E-state index in [1.165, 1.54) is 25.7 Å². The first-order chi connectivity index (χ1) is 14.7. The van der Waals surface area contributed by atoms with Gasteiger partial charge in [0.05, 0.1) is 12.1 Å². The second-order valence-electron chi connectivity index (χ2n) is 7.81. The number of carbonyl (C=O) groups excluding carboxylic acids is 1. The third-order valence-corrected chi connectivity index (χ3v) is 6.55. The van der Waals surface area contributed by atoms with E-state index < -0.39 is 18.2 Å². The molecule has 2 aromatic carbocycles. The molecule has 0 saturated heterocycles. The number of hydrogen-bond acceptors (Lipinski definition) is 5. The number of aliphatic hydroxyl groups excluding tert-OH is 1. The van der Waals surface area contributed by atoms with Crippen LogP contribution in [0.3, 0.4) is 0 Å². The fourth-order valence-electron chi connectivity index (χ4n) is 3.66. The summed E-state index contributed by atoms with van der Waals surface area (Å²) in [5, 5.41) is 17.0. The maximum Gasteiger partial charge on any atom is 0.407 e. The fourth-order valence-corrected chi connectivity index (χ4v) is 4.69. The highest BCUT2D eigenvalue weighted by Gasteiger charge is 2.23. The molecule has 0 spiro atoms. The zero-order chi connectivity index (χ0) is 21.0. The van der Waals surface area contributed by atoms with Crippen molar-refractivity contribution in [3.63, 3.8) is 0 Å². The first-order valence-corrected chi connectivity index (χ1v) is 11.7. The Hall–Kier alpha value is -2.02. The Balaban J connectivity index is 1.49. The molecule has 3 N–H and O–H groups in total. The van der Waals surface area contributed by atoms with Gasteiger partial charge in [0.2, 0.25) is 0 Å². The summed E-state index contributed by atoms with van der Waals surface area (Å²) in [5.74, 6) is 1.27. The van der Waals surface area contributed by atoms with Gasteiger partial charge in [-0.25, -0.2) is 4.79 Å². The third-order valence-electron chi connectivity index (χ3n) is 5.41. The second-order valence-corrected chi connectivity index (χ2v) is 8.91. The smallest absolute Gasteiger partial charge is 0.407 e. The van der Waals surface area contributed by atoms with Gasteiger partial charge in [-0.3, -0.25) is 0 Å². The first-order valence-electron chi connectivity index (χ1n) is 10.7. The highest BCUT2D eigenvalue weighted by atomic mass is 32.2. The van der Waals surface area contributed by atoms with Gasteiger partial charge in [0.15, 0.2) is 0 Å². The summed E-state index contributed by atoms with van der Waals surface area (Å²) in [6.45, 7) is 1.59. The Morgan fingerprint density at radius 3 is 2.43 bits per heavy atom. The number of nitrogens with one attached hydrogen (secondary N) is 2. The molecule has 0 radical (unpaired) electrons. The number of amides is 1. The van der Waals surface area contributed by atoms with E-state index in [-0.39, 0.29) is 6.61 Å². The number of thioether (sulfide) groups is 1. The molecule has 0 heterocycles. The Morgan fingerprint density at radius 1 is 1.07 bits per heavy atom. The van der Waals surface area contributed by atoms with Crippen molar-refractivity contribution < 1.29 is 14.6 Å². The van der Waals surface area contributed by atoms with E-state index in [9.17, 15) is 9.90 Å². The van der Waals surface area contributed by atoms with Crippen LogP contribution in [0.1, 0.15) is 31.2 Å². The third kappa shape index (κ3) is 8.01. The fraction of sp³-hybridized carbons (Fsp3) is 0.458. The maximum atomic E-state index is 12.4. The molecule has 2 aromatic rings. The maximum absolute atomic E-state index is 12.4. The predicted octanol–water partition coefficient (Wildman–Crippen LogP) is 4.21. The van der Waals surface area contributed by atoms with Crippen LogP contribution in [-0.4, -0.2) is 42.2 Å². The molecule has 0 unspecified atom stereocenters. The lowest BCUT2D eigenvalue weighted by molar-refractivity contribution is 0.106. The van der Waals surface area contributed by atoms with Crippen molar-refractivity contribution in [2.45, 2.75) is 49.3 Å². The molecule has 1 fully saturated rings. The summed E-state index contributed by atoms with van der Waals surface area (Å²) in [7, 11) is 0. The van der Waals surface area contributed by atoms with Gasteiger partial charge in [0, 0.05) is 17.2 Å². The van der Waals surface area contributed by atoms with Crippen LogP contribution in [0.15, 0.2) is 65.6 Å². The number of alkyl carbamates (subject to hydrolysis) is 1. The Kier molecular flexibility index (Phi) is 9.54. The van der Waals surface area contributed by atoms with E-state index in [1.54, 1.807) is 11.8 Å². The zero-order valence-corrected chi connectivity index (χ0v) is 18.2. The minimum absolute atomic E-state index is 0.210. The van der Waals surface area contributed by atoms with Crippen molar-refractivity contribution in [3.8, 4) is 0 Å². The van der Waals surface area contributed by atoms with Gasteiger partial charge in [-0.05, 0) is 43.0 Å². The number of carbonyl (C=O) groups is 1. The number of hydrogen-bond donors (Lipinski definition) is 3. The minimum Gasteiger partial charge on any atom is -0.445 e. The van der Waals surface area contributed by atoms with E-state index in [1.807, 2.05) is 60.7 Å². The molecule has 3 rings (SSSR count). The van der Waals surface area contributed by atoms with E-state index in [0.717, 1.165) is 17.0 Å². The topological polar surface area (TPSA) is 70.6 Å². The highest BCUT2D eigenvalue weighted by molar-refractivity contribution is 7.99. The van der Waals surface area contributed by atoms with E-state index in [2.05, 4.69) is 10.6 Å². The van der Waals surface area contributed by atoms with Gasteiger partial charge < -0.3 is 20.5 Å². The molecule has 5 nitrogen and oxygen atoms in total. The summed E-state index contributed by atoms with van der Waals surface area (Å²) in [6, 6.07) is 19.2. The van der Waals surface area contributed by atoms with Gasteiger partial charge in [0.25, 0.3) is 0 Å². The van der Waals surface area contributed by atoms with E-state index >= 15 is 0 Å². The van der Waals surface area contributed by atoms with Crippen molar-refractivity contribution in [3.05, 3.63) is 66.2 Å². The largest absolute Gasteiger partial charge is 0.445 e. The Bertz CT molecular complexity index is 739. The standard InChI is InChI=1S/C24H32N2O3S/c27-23(16-25-15-19-9-7-8-10-19)22(18-30-21-13-5-2-6-14-21)26-24(28)29-17-20-11-3-1-4-12-20/h1-6,11-14,19,22-23,25,27H,7-10,15-18H2,(H,26,28)/t22-,23+/m0/s1. The second kappa shape index (κ2) is 12.6. The van der Waals surface area contributed by atoms with Gasteiger partial charge >= 0.3 is 6.09 Å². The predicted molar refractivity (Wildman–Crippen MR) is 122 cm³/mol. The molecule has 1 aliphatic carbocycles. The van der Waals surface area contributed by atoms with Crippen LogP contribution in [0.25, 0.3) is 0 Å². The molecule has 0 aromatic heterocycles. The Morgan fingerprint density at radius 2 is 1.73 bits per heavy atom. The van der Waals surface area contributed by atoms with Crippen molar-refractivity contribution in [2.75, 3.05) is 18.8 Å². The summed E-state index contributed by atoms with van der Waals surface area (Å²) in [5.41, 5.74) is 0.932. The number of rotatable bonds is 11. The normalized spacial score (nSPS) is 16.2. The zero-order valence-electron chi connectivity index (χ0n) is 17.3. The molecule has 1 saturated carbocycles. The summed E-state index contributed by atoms with van der Waals surface area (Å²) in [4.78, 5) is 13.5. The molecule has 2 atom stereocenters. The van der Waals surface area contributed by atoms with Gasteiger partial charge in [-0.2, -0.15) is 0 Å². The Labute approximate surface area is 183 Å². The minimum atomic E-state index is -0.688. The van der Waals surface area contributed by atoms with Crippen molar-refractivity contribution in [2.24, 2.45) is 5.92 Å². The SMILES string of the molecule is O=C(N[C@@H](CSc1ccccc1)[C@H](O)CNCC1CCCC1)OCc1ccccc1. The molecule has 30 heavy (non-hydrogen) atoms. The quantitative estimate of drug-likeness (QED) is 0.468. The van der Waals surface area contributed by atoms with E-state index in [4.69, 9.17) is 4.74 Å². The first kappa shape index (κ1) is 22.7. The van der Waals surface area contributed by atoms with Crippen LogP contribution in [0.4, 0.5) is 4.79 Å². The highest BCUT2D eigenvalue weighted by Crippen LogP contribution is 2.24. The van der Waals surface area contributed by atoms with Crippen molar-refractivity contribution >= 4 is 17.9 Å². The monoisotopic (exact) mass is 428 g/mol. The van der Waals surface area contributed by atoms with Crippen molar-refractivity contribution in [1.82, 2.24) is 10.6 Å². The number of aliphatic hydroxyl groups is 1. The number of benzene rings is 2. The van der Waals surface area contributed by atoms with Crippen LogP contribution < -0.4 is 10.6 Å². The molecule has 6 heteroatoms.